The molecule has 0 fully saturated rings. The van der Waals surface area contributed by atoms with Gasteiger partial charge in [0.15, 0.2) is 0 Å². The molecule has 15 heavy (non-hydrogen) atoms. The summed E-state index contributed by atoms with van der Waals surface area (Å²) in [5.74, 6) is -0.211. The van der Waals surface area contributed by atoms with Gasteiger partial charge in [-0.25, -0.2) is 9.13 Å². The summed E-state index contributed by atoms with van der Waals surface area (Å²) in [5.41, 5.74) is 0. The molecule has 0 rings (SSSR count). The van der Waals surface area contributed by atoms with Crippen molar-refractivity contribution in [2.45, 2.75) is 13.8 Å². The smallest absolute Gasteiger partial charge is 0.466 e. The fourth-order valence-electron chi connectivity index (χ4n) is 0.342. The van der Waals surface area contributed by atoms with Gasteiger partial charge in [-0.15, -0.1) is 0 Å². The first-order valence-corrected chi connectivity index (χ1v) is 6.49. The van der Waals surface area contributed by atoms with Crippen molar-refractivity contribution in [1.82, 2.24) is 0 Å². The summed E-state index contributed by atoms with van der Waals surface area (Å²) in [6, 6.07) is 0. The highest BCUT2D eigenvalue weighted by atomic mass is 31.3. The van der Waals surface area contributed by atoms with Gasteiger partial charge in [-0.1, -0.05) is 0 Å². The molecule has 0 radical (unpaired) electrons. The second-order valence-electron chi connectivity index (χ2n) is 1.99. The highest BCUT2D eigenvalue weighted by Crippen LogP contribution is 2.53. The Morgan fingerprint density at radius 2 is 1.47 bits per heavy atom. The largest absolute Gasteiger partial charge is 0.478 e. The van der Waals surface area contributed by atoms with Gasteiger partial charge in [-0.3, -0.25) is 4.79 Å². The number of esters is 1. The number of carbonyl (C=O) groups excluding carboxylic acids is 1. The monoisotopic (exact) mass is 266 g/mol. The van der Waals surface area contributed by atoms with E-state index in [2.05, 4.69) is 9.05 Å². The fourth-order valence-corrected chi connectivity index (χ4v) is 1.45. The maximum absolute atomic E-state index is 9.82. The van der Waals surface area contributed by atoms with Crippen molar-refractivity contribution < 1.29 is 42.5 Å². The zero-order chi connectivity index (χ0) is 12.7. The molecular formula is C4H12O9P2. The van der Waals surface area contributed by atoms with Gasteiger partial charge in [-0.2, -0.15) is 4.31 Å². The third kappa shape index (κ3) is 24.8. The van der Waals surface area contributed by atoms with Crippen LogP contribution in [0, 0.1) is 0 Å². The first-order valence-electron chi connectivity index (χ1n) is 3.43. The average Bonchev–Trinajstić information content (AvgIpc) is 1.77. The van der Waals surface area contributed by atoms with Crippen LogP contribution in [0.2, 0.25) is 0 Å². The van der Waals surface area contributed by atoms with Gasteiger partial charge in [0.05, 0.1) is 6.61 Å². The van der Waals surface area contributed by atoms with Gasteiger partial charge in [0, 0.05) is 6.92 Å². The number of hydrogen-bond acceptors (Lipinski definition) is 5. The molecule has 0 unspecified atom stereocenters. The fraction of sp³-hybridized carbons (Fsp3) is 0.750. The van der Waals surface area contributed by atoms with E-state index in [1.54, 1.807) is 6.92 Å². The van der Waals surface area contributed by atoms with E-state index < -0.39 is 15.6 Å². The third-order valence-electron chi connectivity index (χ3n) is 0.560. The van der Waals surface area contributed by atoms with Crippen molar-refractivity contribution >= 4 is 21.6 Å². The molecule has 0 aliphatic rings. The molecule has 0 aliphatic carbocycles. The molecule has 9 nitrogen and oxygen atoms in total. The Labute approximate surface area is 85.5 Å². The van der Waals surface area contributed by atoms with E-state index >= 15 is 0 Å². The van der Waals surface area contributed by atoms with E-state index in [1.807, 2.05) is 0 Å². The van der Waals surface area contributed by atoms with Crippen LogP contribution in [0.15, 0.2) is 0 Å². The minimum atomic E-state index is -5.05. The highest BCUT2D eigenvalue weighted by molar-refractivity contribution is 7.60. The SMILES string of the molecule is CCOC(C)=O.O=P(O)(O)OP(=O)(O)O. The zero-order valence-electron chi connectivity index (χ0n) is 7.93. The Morgan fingerprint density at radius 3 is 1.47 bits per heavy atom. The summed E-state index contributed by atoms with van der Waals surface area (Å²) in [6.45, 7) is 3.65. The maximum atomic E-state index is 9.82. The molecule has 0 saturated heterocycles. The second kappa shape index (κ2) is 7.08. The normalized spacial score (nSPS) is 11.3. The van der Waals surface area contributed by atoms with Crippen LogP contribution in [0.1, 0.15) is 13.8 Å². The second-order valence-corrected chi connectivity index (χ2v) is 4.60. The number of ether oxygens (including phenoxy) is 1. The lowest BCUT2D eigenvalue weighted by Crippen LogP contribution is -1.95. The van der Waals surface area contributed by atoms with E-state index in [0.29, 0.717) is 6.61 Å². The Hall–Kier alpha value is -0.270. The van der Waals surface area contributed by atoms with E-state index in [4.69, 9.17) is 19.6 Å². The molecule has 11 heteroatoms. The summed E-state index contributed by atoms with van der Waals surface area (Å²) < 4.78 is 26.6. The van der Waals surface area contributed by atoms with Crippen molar-refractivity contribution in [3.05, 3.63) is 0 Å². The third-order valence-corrected chi connectivity index (χ3v) is 2.26. The van der Waals surface area contributed by atoms with Crippen LogP contribution >= 0.6 is 15.6 Å². The average molecular weight is 266 g/mol. The minimum Gasteiger partial charge on any atom is -0.466 e. The molecule has 4 N–H and O–H groups in total. The topological polar surface area (TPSA) is 151 Å². The summed E-state index contributed by atoms with van der Waals surface area (Å²) in [4.78, 5) is 40.8. The van der Waals surface area contributed by atoms with Crippen molar-refractivity contribution in [3.63, 3.8) is 0 Å². The zero-order valence-corrected chi connectivity index (χ0v) is 9.72. The number of rotatable bonds is 3. The van der Waals surface area contributed by atoms with Crippen LogP contribution in [0.5, 0.6) is 0 Å². The van der Waals surface area contributed by atoms with Crippen molar-refractivity contribution in [1.29, 1.82) is 0 Å². The van der Waals surface area contributed by atoms with Gasteiger partial charge in [0.1, 0.15) is 0 Å². The standard InChI is InChI=1S/C4H8O2.H4O7P2/c1-3-6-4(2)5;1-8(2,3)7-9(4,5)6/h3H2,1-2H3;(H2,1,2,3)(H2,4,5,6). The quantitative estimate of drug-likeness (QED) is 0.400. The number of carbonyl (C=O) groups is 1. The summed E-state index contributed by atoms with van der Waals surface area (Å²) >= 11 is 0. The van der Waals surface area contributed by atoms with Crippen molar-refractivity contribution in [3.8, 4) is 0 Å². The number of phosphoric acid groups is 2. The van der Waals surface area contributed by atoms with Gasteiger partial charge in [0.2, 0.25) is 0 Å². The van der Waals surface area contributed by atoms with Gasteiger partial charge in [0.25, 0.3) is 0 Å². The molecule has 0 bridgehead atoms. The van der Waals surface area contributed by atoms with Crippen LogP contribution in [-0.2, 0) is 23.0 Å². The maximum Gasteiger partial charge on any atom is 0.478 e. The lowest BCUT2D eigenvalue weighted by Gasteiger charge is -2.03. The van der Waals surface area contributed by atoms with E-state index in [-0.39, 0.29) is 5.97 Å². The van der Waals surface area contributed by atoms with Gasteiger partial charge >= 0.3 is 21.6 Å². The van der Waals surface area contributed by atoms with E-state index in [1.165, 1.54) is 6.92 Å². The predicted octanol–water partition coefficient (Wildman–Crippen LogP) is -0.242. The van der Waals surface area contributed by atoms with Crippen molar-refractivity contribution in [2.24, 2.45) is 0 Å². The molecule has 0 amide bonds. The molecule has 92 valence electrons. The van der Waals surface area contributed by atoms with Crippen LogP contribution in [0.3, 0.4) is 0 Å². The molecule has 0 heterocycles. The van der Waals surface area contributed by atoms with Crippen LogP contribution in [0.25, 0.3) is 0 Å². The Morgan fingerprint density at radius 1 is 1.13 bits per heavy atom. The van der Waals surface area contributed by atoms with Crippen LogP contribution < -0.4 is 0 Å². The van der Waals surface area contributed by atoms with E-state index in [0.717, 1.165) is 0 Å². The molecule has 0 spiro atoms. The van der Waals surface area contributed by atoms with Gasteiger partial charge < -0.3 is 24.3 Å². The Bertz CT molecular complexity index is 254. The molecule has 0 atom stereocenters. The minimum absolute atomic E-state index is 0.211. The van der Waals surface area contributed by atoms with Crippen molar-refractivity contribution in [2.75, 3.05) is 6.61 Å². The number of hydrogen-bond donors (Lipinski definition) is 4. The lowest BCUT2D eigenvalue weighted by atomic mass is 10.8. The summed E-state index contributed by atoms with van der Waals surface area (Å²) in [5, 5.41) is 0. The first kappa shape index (κ1) is 17.1. The van der Waals surface area contributed by atoms with Crippen LogP contribution in [0.4, 0.5) is 0 Å². The van der Waals surface area contributed by atoms with Gasteiger partial charge in [-0.05, 0) is 6.92 Å². The van der Waals surface area contributed by atoms with E-state index in [9.17, 15) is 13.9 Å². The molecule has 0 aromatic rings. The summed E-state index contributed by atoms with van der Waals surface area (Å²) in [7, 11) is -10.1. The predicted molar refractivity (Wildman–Crippen MR) is 47.5 cm³/mol. The Balaban J connectivity index is 0. The summed E-state index contributed by atoms with van der Waals surface area (Å²) in [6.07, 6.45) is 0. The molecule has 0 saturated carbocycles. The lowest BCUT2D eigenvalue weighted by molar-refractivity contribution is -0.140. The molecule has 0 aromatic heterocycles. The Kier molecular flexibility index (Phi) is 8.09. The molecular weight excluding hydrogens is 254 g/mol. The molecule has 0 aromatic carbocycles. The molecule has 0 aliphatic heterocycles. The highest BCUT2D eigenvalue weighted by Gasteiger charge is 2.27. The van der Waals surface area contributed by atoms with Crippen LogP contribution in [-0.4, -0.2) is 32.1 Å². The first-order chi connectivity index (χ1) is 6.48.